The smallest absolute Gasteiger partial charge is 0.317 e. The van der Waals surface area contributed by atoms with E-state index in [4.69, 9.17) is 5.26 Å². The molecule has 23 heavy (non-hydrogen) atoms. The summed E-state index contributed by atoms with van der Waals surface area (Å²) in [5.41, 5.74) is 0.454. The maximum Gasteiger partial charge on any atom is 0.317 e. The maximum absolute atomic E-state index is 13.5. The lowest BCUT2D eigenvalue weighted by atomic mass is 10.1. The Kier molecular flexibility index (Phi) is 6.67. The lowest BCUT2D eigenvalue weighted by molar-refractivity contribution is 0.192. The van der Waals surface area contributed by atoms with Gasteiger partial charge in [-0.1, -0.05) is 25.3 Å². The highest BCUT2D eigenvalue weighted by molar-refractivity contribution is 5.74. The fraction of sp³-hybridized carbons (Fsp3) is 0.529. The monoisotopic (exact) mass is 318 g/mol. The van der Waals surface area contributed by atoms with Crippen molar-refractivity contribution in [3.63, 3.8) is 0 Å². The van der Waals surface area contributed by atoms with Crippen molar-refractivity contribution in [2.24, 2.45) is 0 Å². The van der Waals surface area contributed by atoms with Crippen molar-refractivity contribution in [3.05, 3.63) is 29.6 Å². The molecule has 1 heterocycles. The van der Waals surface area contributed by atoms with Crippen LogP contribution in [-0.4, -0.2) is 37.1 Å². The molecule has 0 aliphatic carbocycles. The van der Waals surface area contributed by atoms with Gasteiger partial charge in [-0.25, -0.2) is 9.18 Å². The molecule has 1 aromatic rings. The Morgan fingerprint density at radius 3 is 2.57 bits per heavy atom. The summed E-state index contributed by atoms with van der Waals surface area (Å²) in [4.78, 5) is 14.0. The van der Waals surface area contributed by atoms with Gasteiger partial charge in [0.15, 0.2) is 0 Å². The first-order valence-corrected chi connectivity index (χ1v) is 8.17. The van der Waals surface area contributed by atoms with Gasteiger partial charge in [0.2, 0.25) is 0 Å². The summed E-state index contributed by atoms with van der Waals surface area (Å²) in [6, 6.07) is 6.26. The molecule has 0 aromatic heterocycles. The van der Waals surface area contributed by atoms with Crippen LogP contribution in [0.3, 0.4) is 0 Å². The van der Waals surface area contributed by atoms with Crippen LogP contribution in [-0.2, 0) is 0 Å². The molecule has 0 spiro atoms. The molecule has 1 aliphatic rings. The van der Waals surface area contributed by atoms with E-state index in [2.05, 4.69) is 10.6 Å². The van der Waals surface area contributed by atoms with Crippen LogP contribution >= 0.6 is 0 Å². The third-order valence-electron chi connectivity index (χ3n) is 3.99. The molecule has 2 N–H and O–H groups in total. The van der Waals surface area contributed by atoms with Crippen LogP contribution in [0.4, 0.5) is 14.9 Å². The number of likely N-dealkylation sites (tertiary alicyclic amines) is 1. The van der Waals surface area contributed by atoms with E-state index in [0.29, 0.717) is 18.8 Å². The lowest BCUT2D eigenvalue weighted by Gasteiger charge is -2.25. The first kappa shape index (κ1) is 17.1. The predicted molar refractivity (Wildman–Crippen MR) is 87.7 cm³/mol. The van der Waals surface area contributed by atoms with Gasteiger partial charge in [-0.05, 0) is 25.0 Å². The number of rotatable bonds is 4. The van der Waals surface area contributed by atoms with Crippen molar-refractivity contribution >= 4 is 11.7 Å². The van der Waals surface area contributed by atoms with Crippen molar-refractivity contribution in [3.8, 4) is 6.07 Å². The topological polar surface area (TPSA) is 68.2 Å². The number of nitrogens with one attached hydrogen (secondary N) is 2. The summed E-state index contributed by atoms with van der Waals surface area (Å²) in [6.45, 7) is 2.48. The first-order chi connectivity index (χ1) is 11.2. The number of hydrogen-bond acceptors (Lipinski definition) is 3. The molecule has 1 aromatic carbocycles. The molecular formula is C17H23FN4O. The van der Waals surface area contributed by atoms with Crippen LogP contribution < -0.4 is 10.6 Å². The molecule has 0 saturated carbocycles. The van der Waals surface area contributed by atoms with E-state index in [0.717, 1.165) is 25.9 Å². The lowest BCUT2D eigenvalue weighted by Crippen LogP contribution is -2.43. The number of amides is 2. The minimum atomic E-state index is -0.540. The van der Waals surface area contributed by atoms with Crippen LogP contribution in [0.25, 0.3) is 0 Å². The molecule has 124 valence electrons. The average molecular weight is 318 g/mol. The zero-order valence-corrected chi connectivity index (χ0v) is 13.3. The number of hydrogen-bond donors (Lipinski definition) is 2. The van der Waals surface area contributed by atoms with Gasteiger partial charge in [0.25, 0.3) is 0 Å². The molecule has 0 bridgehead atoms. The van der Waals surface area contributed by atoms with Crippen molar-refractivity contribution in [1.82, 2.24) is 10.2 Å². The largest absolute Gasteiger partial charge is 0.382 e. The molecule has 0 radical (unpaired) electrons. The summed E-state index contributed by atoms with van der Waals surface area (Å²) in [5, 5.41) is 14.8. The molecule has 0 unspecified atom stereocenters. The number of nitrogens with zero attached hydrogens (tertiary/aromatic N) is 2. The molecule has 1 fully saturated rings. The third kappa shape index (κ3) is 5.13. The number of anilines is 1. The number of benzene rings is 1. The fourth-order valence-electron chi connectivity index (χ4n) is 2.71. The first-order valence-electron chi connectivity index (χ1n) is 8.17. The number of nitriles is 1. The maximum atomic E-state index is 13.5. The van der Waals surface area contributed by atoms with Gasteiger partial charge in [0, 0.05) is 26.2 Å². The van der Waals surface area contributed by atoms with Crippen molar-refractivity contribution in [1.29, 1.82) is 5.26 Å². The molecule has 5 nitrogen and oxygen atoms in total. The minimum Gasteiger partial charge on any atom is -0.382 e. The number of carbonyl (C=O) groups is 1. The predicted octanol–water partition coefficient (Wildman–Crippen LogP) is 3.08. The molecule has 2 rings (SSSR count). The molecule has 2 amide bonds. The number of halogens is 1. The Morgan fingerprint density at radius 2 is 1.87 bits per heavy atom. The third-order valence-corrected chi connectivity index (χ3v) is 3.99. The van der Waals surface area contributed by atoms with Gasteiger partial charge < -0.3 is 15.5 Å². The molecular weight excluding hydrogens is 295 g/mol. The minimum absolute atomic E-state index is 0.00240. The van der Waals surface area contributed by atoms with Gasteiger partial charge in [0.05, 0.1) is 5.69 Å². The molecule has 1 aliphatic heterocycles. The summed E-state index contributed by atoms with van der Waals surface area (Å²) >= 11 is 0. The Bertz CT molecular complexity index is 562. The van der Waals surface area contributed by atoms with Crippen LogP contribution in [0.15, 0.2) is 18.2 Å². The molecule has 0 atom stereocenters. The molecule has 1 saturated heterocycles. The van der Waals surface area contributed by atoms with Crippen LogP contribution in [0.5, 0.6) is 0 Å². The van der Waals surface area contributed by atoms with Crippen molar-refractivity contribution in [2.45, 2.75) is 32.1 Å². The SMILES string of the molecule is N#Cc1c(F)cccc1NCCNC(=O)N1CCCCCCC1. The highest BCUT2D eigenvalue weighted by Crippen LogP contribution is 2.17. The van der Waals surface area contributed by atoms with Gasteiger partial charge in [0.1, 0.15) is 17.4 Å². The quantitative estimate of drug-likeness (QED) is 0.838. The van der Waals surface area contributed by atoms with E-state index in [-0.39, 0.29) is 11.6 Å². The zero-order valence-electron chi connectivity index (χ0n) is 13.3. The zero-order chi connectivity index (χ0) is 16.5. The van der Waals surface area contributed by atoms with Crippen molar-refractivity contribution in [2.75, 3.05) is 31.5 Å². The van der Waals surface area contributed by atoms with Crippen LogP contribution in [0.2, 0.25) is 0 Å². The summed E-state index contributed by atoms with van der Waals surface area (Å²) < 4.78 is 13.5. The fourth-order valence-corrected chi connectivity index (χ4v) is 2.71. The summed E-state index contributed by atoms with van der Waals surface area (Å²) in [5.74, 6) is -0.540. The molecule has 6 heteroatoms. The standard InChI is InChI=1S/C17H23FN4O/c18-15-7-6-8-16(14(15)13-19)20-9-10-21-17(23)22-11-4-2-1-3-5-12-22/h6-8,20H,1-5,9-12H2,(H,21,23). The van der Waals surface area contributed by atoms with E-state index < -0.39 is 5.82 Å². The second kappa shape index (κ2) is 8.99. The Hall–Kier alpha value is -2.29. The van der Waals surface area contributed by atoms with E-state index in [1.807, 2.05) is 11.0 Å². The Balaban J connectivity index is 1.75. The van der Waals surface area contributed by atoms with Crippen molar-refractivity contribution < 1.29 is 9.18 Å². The number of carbonyl (C=O) groups excluding carboxylic acids is 1. The van der Waals surface area contributed by atoms with E-state index >= 15 is 0 Å². The average Bonchev–Trinajstić information content (AvgIpc) is 2.51. The second-order valence-corrected chi connectivity index (χ2v) is 5.69. The summed E-state index contributed by atoms with van der Waals surface area (Å²) in [7, 11) is 0. The highest BCUT2D eigenvalue weighted by atomic mass is 19.1. The Labute approximate surface area is 136 Å². The summed E-state index contributed by atoms with van der Waals surface area (Å²) in [6.07, 6.45) is 5.74. The normalized spacial score (nSPS) is 15.2. The van der Waals surface area contributed by atoms with E-state index in [1.54, 1.807) is 12.1 Å². The Morgan fingerprint density at radius 1 is 1.17 bits per heavy atom. The van der Waals surface area contributed by atoms with Gasteiger partial charge in [-0.15, -0.1) is 0 Å². The highest BCUT2D eigenvalue weighted by Gasteiger charge is 2.14. The number of urea groups is 1. The van der Waals surface area contributed by atoms with Gasteiger partial charge in [-0.3, -0.25) is 0 Å². The second-order valence-electron chi connectivity index (χ2n) is 5.69. The van der Waals surface area contributed by atoms with Crippen LogP contribution in [0, 0.1) is 17.1 Å². The van der Waals surface area contributed by atoms with Gasteiger partial charge in [-0.2, -0.15) is 5.26 Å². The van der Waals surface area contributed by atoms with Gasteiger partial charge >= 0.3 is 6.03 Å². The van der Waals surface area contributed by atoms with E-state index in [1.165, 1.54) is 25.3 Å². The van der Waals surface area contributed by atoms with Crippen LogP contribution in [0.1, 0.15) is 37.7 Å². The van der Waals surface area contributed by atoms with E-state index in [9.17, 15) is 9.18 Å².